The molecule has 2 aromatic heterocycles. The number of hydrogen-bond donors (Lipinski definition) is 0. The molecule has 34 heavy (non-hydrogen) atoms. The number of carbonyl (C=O) groups is 1. The van der Waals surface area contributed by atoms with Crippen molar-refractivity contribution < 1.29 is 13.9 Å². The lowest BCUT2D eigenvalue weighted by atomic mass is 9.94. The Labute approximate surface area is 196 Å². The Kier molecular flexibility index (Phi) is 6.29. The Bertz CT molecular complexity index is 1280. The molecule has 4 aromatic rings. The summed E-state index contributed by atoms with van der Waals surface area (Å²) < 4.78 is 21.9. The van der Waals surface area contributed by atoms with Gasteiger partial charge in [0.05, 0.1) is 6.33 Å². The molecule has 3 heterocycles. The maximum atomic E-state index is 14.1. The molecular weight excluding hydrogens is 433 g/mol. The van der Waals surface area contributed by atoms with Crippen molar-refractivity contribution in [2.75, 3.05) is 13.1 Å². The number of carbonyl (C=O) groups excluding carboxylic acids is 1. The van der Waals surface area contributed by atoms with E-state index in [1.165, 1.54) is 12.3 Å². The zero-order valence-electron chi connectivity index (χ0n) is 18.5. The lowest BCUT2D eigenvalue weighted by Gasteiger charge is -2.33. The van der Waals surface area contributed by atoms with E-state index in [1.807, 2.05) is 39.9 Å². The zero-order valence-corrected chi connectivity index (χ0v) is 18.5. The Morgan fingerprint density at radius 1 is 1.09 bits per heavy atom. The summed E-state index contributed by atoms with van der Waals surface area (Å²) in [7, 11) is 0. The van der Waals surface area contributed by atoms with Crippen LogP contribution in [0.5, 0.6) is 11.6 Å². The number of imidazole rings is 1. The summed E-state index contributed by atoms with van der Waals surface area (Å²) in [5, 5.41) is 0. The van der Waals surface area contributed by atoms with Crippen LogP contribution in [0.15, 0.2) is 79.6 Å². The van der Waals surface area contributed by atoms with E-state index in [2.05, 4.69) is 15.0 Å². The van der Waals surface area contributed by atoms with Crippen molar-refractivity contribution in [3.05, 3.63) is 102 Å². The number of hydrogen-bond acceptors (Lipinski definition) is 5. The molecule has 0 bridgehead atoms. The molecular formula is C26H24FN5O2. The first-order valence-corrected chi connectivity index (χ1v) is 11.2. The zero-order chi connectivity index (χ0) is 23.3. The maximum absolute atomic E-state index is 14.1. The van der Waals surface area contributed by atoms with E-state index in [0.717, 1.165) is 18.4 Å². The molecule has 0 unspecified atom stereocenters. The van der Waals surface area contributed by atoms with Gasteiger partial charge in [-0.3, -0.25) is 9.78 Å². The lowest BCUT2D eigenvalue weighted by molar-refractivity contribution is 0.0704. The summed E-state index contributed by atoms with van der Waals surface area (Å²) in [6.45, 7) is 1.82. The molecule has 2 aromatic carbocycles. The molecule has 1 fully saturated rings. The minimum absolute atomic E-state index is 0.0161. The minimum Gasteiger partial charge on any atom is -0.434 e. The molecule has 0 spiro atoms. The van der Waals surface area contributed by atoms with Crippen LogP contribution in [0, 0.1) is 5.82 Å². The van der Waals surface area contributed by atoms with Gasteiger partial charge in [0.15, 0.2) is 11.6 Å². The predicted molar refractivity (Wildman–Crippen MR) is 124 cm³/mol. The number of aromatic nitrogens is 4. The number of piperidine rings is 1. The molecule has 0 saturated carbocycles. The van der Waals surface area contributed by atoms with Crippen molar-refractivity contribution in [1.29, 1.82) is 0 Å². The van der Waals surface area contributed by atoms with Gasteiger partial charge >= 0.3 is 0 Å². The minimum atomic E-state index is -0.463. The molecule has 0 aliphatic carbocycles. The van der Waals surface area contributed by atoms with Gasteiger partial charge in [0.2, 0.25) is 5.88 Å². The van der Waals surface area contributed by atoms with Gasteiger partial charge in [-0.2, -0.15) is 0 Å². The standard InChI is InChI=1S/C26H24FN5O2/c27-22-8-1-2-9-23(22)34-25-24(29-10-11-30-25)21-7-4-13-32(17-21)26(33)20-6-3-5-19(15-20)16-31-14-12-28-18-31/h1-3,5-6,8-12,14-15,18,21H,4,7,13,16-17H2/t21-/m1/s1. The summed E-state index contributed by atoms with van der Waals surface area (Å²) in [6, 6.07) is 13.9. The second kappa shape index (κ2) is 9.82. The van der Waals surface area contributed by atoms with Crippen molar-refractivity contribution >= 4 is 5.91 Å². The van der Waals surface area contributed by atoms with E-state index >= 15 is 0 Å². The smallest absolute Gasteiger partial charge is 0.253 e. The SMILES string of the molecule is O=C(c1cccc(Cn2ccnc2)c1)N1CCC[C@@H](c2nccnc2Oc2ccccc2F)C1. The maximum Gasteiger partial charge on any atom is 0.253 e. The molecule has 1 amide bonds. The van der Waals surface area contributed by atoms with Gasteiger partial charge in [-0.15, -0.1) is 0 Å². The summed E-state index contributed by atoms with van der Waals surface area (Å²) >= 11 is 0. The molecule has 1 saturated heterocycles. The van der Waals surface area contributed by atoms with Gasteiger partial charge in [0, 0.05) is 55.9 Å². The average molecular weight is 458 g/mol. The number of halogens is 1. The highest BCUT2D eigenvalue weighted by molar-refractivity contribution is 5.94. The van der Waals surface area contributed by atoms with Gasteiger partial charge in [-0.25, -0.2) is 14.4 Å². The molecule has 1 atom stereocenters. The number of likely N-dealkylation sites (tertiary alicyclic amines) is 1. The molecule has 7 nitrogen and oxygen atoms in total. The van der Waals surface area contributed by atoms with Crippen molar-refractivity contribution in [3.63, 3.8) is 0 Å². The molecule has 1 aliphatic heterocycles. The lowest BCUT2D eigenvalue weighted by Crippen LogP contribution is -2.39. The molecule has 0 radical (unpaired) electrons. The quantitative estimate of drug-likeness (QED) is 0.421. The van der Waals surface area contributed by atoms with Crippen molar-refractivity contribution in [2.24, 2.45) is 0 Å². The third kappa shape index (κ3) is 4.80. The number of nitrogens with zero attached hydrogens (tertiary/aromatic N) is 5. The highest BCUT2D eigenvalue weighted by atomic mass is 19.1. The van der Waals surface area contributed by atoms with Crippen LogP contribution in [0.3, 0.4) is 0 Å². The second-order valence-electron chi connectivity index (χ2n) is 8.30. The summed E-state index contributed by atoms with van der Waals surface area (Å²) in [6.07, 6.45) is 10.2. The van der Waals surface area contributed by atoms with Crippen LogP contribution in [0.1, 0.15) is 40.4 Å². The molecule has 8 heteroatoms. The highest BCUT2D eigenvalue weighted by Gasteiger charge is 2.29. The van der Waals surface area contributed by atoms with E-state index in [-0.39, 0.29) is 23.5 Å². The fourth-order valence-corrected chi connectivity index (χ4v) is 4.29. The summed E-state index contributed by atoms with van der Waals surface area (Å²) in [4.78, 5) is 28.1. The first-order chi connectivity index (χ1) is 16.7. The van der Waals surface area contributed by atoms with Crippen LogP contribution in [0.4, 0.5) is 4.39 Å². The third-order valence-corrected chi connectivity index (χ3v) is 5.93. The fourth-order valence-electron chi connectivity index (χ4n) is 4.29. The predicted octanol–water partition coefficient (Wildman–Crippen LogP) is 4.67. The Morgan fingerprint density at radius 2 is 1.97 bits per heavy atom. The molecule has 5 rings (SSSR count). The Balaban J connectivity index is 1.33. The van der Waals surface area contributed by atoms with Crippen LogP contribution >= 0.6 is 0 Å². The number of amides is 1. The first-order valence-electron chi connectivity index (χ1n) is 11.2. The van der Waals surface area contributed by atoms with E-state index in [1.54, 1.807) is 36.9 Å². The summed E-state index contributed by atoms with van der Waals surface area (Å²) in [5.41, 5.74) is 2.32. The first kappa shape index (κ1) is 21.8. The van der Waals surface area contributed by atoms with Crippen LogP contribution in [0.25, 0.3) is 0 Å². The van der Waals surface area contributed by atoms with Crippen LogP contribution < -0.4 is 4.74 Å². The highest BCUT2D eigenvalue weighted by Crippen LogP contribution is 2.33. The monoisotopic (exact) mass is 457 g/mol. The van der Waals surface area contributed by atoms with Gasteiger partial charge in [0.25, 0.3) is 5.91 Å². The Morgan fingerprint density at radius 3 is 2.82 bits per heavy atom. The number of ether oxygens (including phenoxy) is 1. The number of rotatable bonds is 6. The number of para-hydroxylation sites is 1. The Hall–Kier alpha value is -4.07. The van der Waals surface area contributed by atoms with Gasteiger partial charge in [-0.1, -0.05) is 24.3 Å². The van der Waals surface area contributed by atoms with Gasteiger partial charge in [-0.05, 0) is 42.7 Å². The van der Waals surface area contributed by atoms with Gasteiger partial charge in [0.1, 0.15) is 5.69 Å². The molecule has 1 aliphatic rings. The topological polar surface area (TPSA) is 73.1 Å². The van der Waals surface area contributed by atoms with Gasteiger partial charge < -0.3 is 14.2 Å². The van der Waals surface area contributed by atoms with E-state index in [0.29, 0.717) is 30.9 Å². The van der Waals surface area contributed by atoms with Crippen molar-refractivity contribution in [2.45, 2.75) is 25.3 Å². The van der Waals surface area contributed by atoms with Crippen LogP contribution in [-0.2, 0) is 6.54 Å². The van der Waals surface area contributed by atoms with E-state index in [9.17, 15) is 9.18 Å². The van der Waals surface area contributed by atoms with Crippen LogP contribution in [-0.4, -0.2) is 43.4 Å². The van der Waals surface area contributed by atoms with E-state index in [4.69, 9.17) is 4.74 Å². The third-order valence-electron chi connectivity index (χ3n) is 5.93. The summed E-state index contributed by atoms with van der Waals surface area (Å²) in [5.74, 6) is -0.160. The fraction of sp³-hybridized carbons (Fsp3) is 0.231. The average Bonchev–Trinajstić information content (AvgIpc) is 3.39. The molecule has 172 valence electrons. The van der Waals surface area contributed by atoms with Crippen molar-refractivity contribution in [1.82, 2.24) is 24.4 Å². The van der Waals surface area contributed by atoms with E-state index < -0.39 is 5.82 Å². The van der Waals surface area contributed by atoms with Crippen molar-refractivity contribution in [3.8, 4) is 11.6 Å². The normalized spacial score (nSPS) is 15.8. The number of benzene rings is 2. The molecule has 0 N–H and O–H groups in total. The second-order valence-corrected chi connectivity index (χ2v) is 8.30. The largest absolute Gasteiger partial charge is 0.434 e. The van der Waals surface area contributed by atoms with Crippen LogP contribution in [0.2, 0.25) is 0 Å².